The van der Waals surface area contributed by atoms with Crippen molar-refractivity contribution >= 4 is 0 Å². The topological polar surface area (TPSA) is 33.1 Å². The first-order chi connectivity index (χ1) is 9.16. The minimum Gasteiger partial charge on any atom is -0.334 e. The summed E-state index contributed by atoms with van der Waals surface area (Å²) < 4.78 is 2.42. The van der Waals surface area contributed by atoms with Crippen LogP contribution in [0, 0.1) is 5.41 Å². The van der Waals surface area contributed by atoms with Crippen molar-refractivity contribution in [1.29, 1.82) is 0 Å². The molecule has 0 spiro atoms. The van der Waals surface area contributed by atoms with Gasteiger partial charge in [0.15, 0.2) is 0 Å². The van der Waals surface area contributed by atoms with E-state index in [0.29, 0.717) is 11.3 Å². The van der Waals surface area contributed by atoms with Gasteiger partial charge < -0.3 is 14.8 Å². The summed E-state index contributed by atoms with van der Waals surface area (Å²) in [5.41, 5.74) is 1.87. The number of nitrogens with one attached hydrogen (secondary N) is 1. The van der Waals surface area contributed by atoms with Gasteiger partial charge in [-0.1, -0.05) is 6.92 Å². The summed E-state index contributed by atoms with van der Waals surface area (Å²) in [6.45, 7) is 8.30. The van der Waals surface area contributed by atoms with Crippen LogP contribution in [0.3, 0.4) is 0 Å². The predicted molar refractivity (Wildman–Crippen MR) is 77.3 cm³/mol. The largest absolute Gasteiger partial charge is 0.334 e. The van der Waals surface area contributed by atoms with Gasteiger partial charge in [0, 0.05) is 30.9 Å². The van der Waals surface area contributed by atoms with Gasteiger partial charge in [0.1, 0.15) is 0 Å². The molecule has 0 radical (unpaired) electrons. The van der Waals surface area contributed by atoms with Crippen molar-refractivity contribution in [2.75, 3.05) is 33.2 Å². The van der Waals surface area contributed by atoms with Crippen molar-refractivity contribution in [3.63, 3.8) is 0 Å². The maximum absolute atomic E-state index is 4.40. The normalized spacial score (nSPS) is 27.8. The number of nitrogens with zero attached hydrogens (tertiary/aromatic N) is 3. The molecule has 4 heteroatoms. The van der Waals surface area contributed by atoms with E-state index in [1.165, 1.54) is 38.0 Å². The smallest absolute Gasteiger partial charge is 0.0948 e. The Balaban J connectivity index is 1.71. The monoisotopic (exact) mass is 262 g/mol. The number of aromatic nitrogens is 2. The van der Waals surface area contributed by atoms with E-state index in [-0.39, 0.29) is 0 Å². The molecule has 1 aromatic heterocycles. The van der Waals surface area contributed by atoms with E-state index < -0.39 is 0 Å². The van der Waals surface area contributed by atoms with Crippen LogP contribution in [-0.2, 0) is 6.54 Å². The molecule has 3 rings (SSSR count). The molecule has 0 aromatic carbocycles. The lowest BCUT2D eigenvalue weighted by atomic mass is 9.80. The lowest BCUT2D eigenvalue weighted by molar-refractivity contribution is 0.119. The van der Waals surface area contributed by atoms with Crippen LogP contribution < -0.4 is 5.32 Å². The molecule has 0 saturated carbocycles. The first-order valence-corrected chi connectivity index (χ1v) is 7.56. The molecule has 19 heavy (non-hydrogen) atoms. The summed E-state index contributed by atoms with van der Waals surface area (Å²) in [6, 6.07) is 0. The van der Waals surface area contributed by atoms with Crippen LogP contribution in [0.25, 0.3) is 0 Å². The van der Waals surface area contributed by atoms with Crippen LogP contribution in [0.1, 0.15) is 37.8 Å². The fourth-order valence-electron chi connectivity index (χ4n) is 3.44. The third-order valence-electron chi connectivity index (χ3n) is 4.97. The van der Waals surface area contributed by atoms with Gasteiger partial charge in [-0.15, -0.1) is 0 Å². The standard InChI is InChI=1S/C15H26N4/c1-15(4-7-18(2)8-5-15)11-19-12-17-10-14(19)13-3-6-16-9-13/h10,12-13,16H,3-9,11H2,1-2H3. The highest BCUT2D eigenvalue weighted by Crippen LogP contribution is 2.33. The minimum absolute atomic E-state index is 0.438. The molecule has 4 nitrogen and oxygen atoms in total. The third kappa shape index (κ3) is 2.84. The molecule has 2 aliphatic rings. The van der Waals surface area contributed by atoms with Gasteiger partial charge in [-0.25, -0.2) is 4.98 Å². The Morgan fingerprint density at radius 3 is 2.89 bits per heavy atom. The van der Waals surface area contributed by atoms with Crippen molar-refractivity contribution in [3.8, 4) is 0 Å². The van der Waals surface area contributed by atoms with Gasteiger partial charge in [-0.3, -0.25) is 0 Å². The first kappa shape index (κ1) is 13.1. The van der Waals surface area contributed by atoms with Gasteiger partial charge in [0.25, 0.3) is 0 Å². The number of likely N-dealkylation sites (tertiary alicyclic amines) is 1. The van der Waals surface area contributed by atoms with E-state index >= 15 is 0 Å². The van der Waals surface area contributed by atoms with E-state index in [4.69, 9.17) is 0 Å². The molecule has 1 unspecified atom stereocenters. The first-order valence-electron chi connectivity index (χ1n) is 7.56. The Hall–Kier alpha value is -0.870. The average molecular weight is 262 g/mol. The summed E-state index contributed by atoms with van der Waals surface area (Å²) in [7, 11) is 2.23. The van der Waals surface area contributed by atoms with Gasteiger partial charge in [0.05, 0.1) is 6.33 Å². The zero-order valence-corrected chi connectivity index (χ0v) is 12.2. The molecule has 0 aliphatic carbocycles. The Bertz CT molecular complexity index is 412. The Morgan fingerprint density at radius 1 is 1.42 bits per heavy atom. The molecule has 106 valence electrons. The van der Waals surface area contributed by atoms with E-state index in [1.807, 2.05) is 6.33 Å². The molecule has 0 amide bonds. The van der Waals surface area contributed by atoms with Crippen molar-refractivity contribution in [2.24, 2.45) is 5.41 Å². The third-order valence-corrected chi connectivity index (χ3v) is 4.97. The van der Waals surface area contributed by atoms with Crippen LogP contribution in [-0.4, -0.2) is 47.7 Å². The second kappa shape index (κ2) is 5.25. The fourth-order valence-corrected chi connectivity index (χ4v) is 3.44. The Kier molecular flexibility index (Phi) is 3.63. The van der Waals surface area contributed by atoms with Crippen LogP contribution in [0.15, 0.2) is 12.5 Å². The molecule has 2 aliphatic heterocycles. The quantitative estimate of drug-likeness (QED) is 0.900. The van der Waals surface area contributed by atoms with Crippen molar-refractivity contribution in [2.45, 2.75) is 38.6 Å². The van der Waals surface area contributed by atoms with Crippen molar-refractivity contribution in [3.05, 3.63) is 18.2 Å². The van der Waals surface area contributed by atoms with Gasteiger partial charge in [-0.05, 0) is 51.4 Å². The summed E-state index contributed by atoms with van der Waals surface area (Å²) in [5, 5.41) is 3.46. The van der Waals surface area contributed by atoms with E-state index in [0.717, 1.165) is 19.6 Å². The van der Waals surface area contributed by atoms with Crippen LogP contribution in [0.2, 0.25) is 0 Å². The zero-order valence-electron chi connectivity index (χ0n) is 12.2. The second-order valence-electron chi connectivity index (χ2n) is 6.75. The lowest BCUT2D eigenvalue weighted by Crippen LogP contribution is -2.38. The second-order valence-corrected chi connectivity index (χ2v) is 6.75. The SMILES string of the molecule is CN1CCC(C)(Cn2cncc2C2CCNC2)CC1. The summed E-state index contributed by atoms with van der Waals surface area (Å²) in [5.74, 6) is 0.664. The molecular weight excluding hydrogens is 236 g/mol. The van der Waals surface area contributed by atoms with E-state index in [1.54, 1.807) is 0 Å². The minimum atomic E-state index is 0.438. The Morgan fingerprint density at radius 2 is 2.21 bits per heavy atom. The van der Waals surface area contributed by atoms with Gasteiger partial charge in [0.2, 0.25) is 0 Å². The summed E-state index contributed by atoms with van der Waals surface area (Å²) >= 11 is 0. The molecule has 0 bridgehead atoms. The van der Waals surface area contributed by atoms with Crippen LogP contribution in [0.4, 0.5) is 0 Å². The number of imidazole rings is 1. The lowest BCUT2D eigenvalue weighted by Gasteiger charge is -2.38. The number of hydrogen-bond donors (Lipinski definition) is 1. The molecule has 1 atom stereocenters. The molecule has 2 saturated heterocycles. The van der Waals surface area contributed by atoms with Gasteiger partial charge in [-0.2, -0.15) is 0 Å². The molecule has 1 N–H and O–H groups in total. The average Bonchev–Trinajstić information content (AvgIpc) is 3.03. The molecular formula is C15H26N4. The predicted octanol–water partition coefficient (Wildman–Crippen LogP) is 1.69. The van der Waals surface area contributed by atoms with Crippen molar-refractivity contribution in [1.82, 2.24) is 19.8 Å². The van der Waals surface area contributed by atoms with Crippen LogP contribution in [0.5, 0.6) is 0 Å². The summed E-state index contributed by atoms with van der Waals surface area (Å²) in [6.07, 6.45) is 7.96. The highest BCUT2D eigenvalue weighted by molar-refractivity contribution is 5.10. The zero-order chi connectivity index (χ0) is 13.3. The van der Waals surface area contributed by atoms with Crippen LogP contribution >= 0.6 is 0 Å². The Labute approximate surface area is 116 Å². The number of piperidine rings is 1. The molecule has 1 aromatic rings. The van der Waals surface area contributed by atoms with E-state index in [9.17, 15) is 0 Å². The highest BCUT2D eigenvalue weighted by atomic mass is 15.1. The number of rotatable bonds is 3. The van der Waals surface area contributed by atoms with E-state index in [2.05, 4.69) is 39.9 Å². The summed E-state index contributed by atoms with van der Waals surface area (Å²) in [4.78, 5) is 6.84. The molecule has 2 fully saturated rings. The van der Waals surface area contributed by atoms with Crippen molar-refractivity contribution < 1.29 is 0 Å². The molecule has 3 heterocycles. The fraction of sp³-hybridized carbons (Fsp3) is 0.800. The highest BCUT2D eigenvalue weighted by Gasteiger charge is 2.30. The van der Waals surface area contributed by atoms with Gasteiger partial charge >= 0.3 is 0 Å². The maximum atomic E-state index is 4.40. The number of hydrogen-bond acceptors (Lipinski definition) is 3. The maximum Gasteiger partial charge on any atom is 0.0948 e.